The van der Waals surface area contributed by atoms with Crippen molar-refractivity contribution in [2.24, 2.45) is 14.1 Å². The maximum atomic E-state index is 2.36. The monoisotopic (exact) mass is 271 g/mol. The molecule has 2 aromatic heterocycles. The summed E-state index contributed by atoms with van der Waals surface area (Å²) in [7, 11) is 4.27. The quantitative estimate of drug-likeness (QED) is 0.650. The molecule has 0 amide bonds. The van der Waals surface area contributed by atoms with Gasteiger partial charge < -0.3 is 0 Å². The Morgan fingerprint density at radius 1 is 0.950 bits per heavy atom. The molecule has 0 spiro atoms. The fourth-order valence-electron chi connectivity index (χ4n) is 3.36. The fraction of sp³-hybridized carbons (Fsp3) is 0.529. The summed E-state index contributed by atoms with van der Waals surface area (Å²) in [6.45, 7) is 11.6. The lowest BCUT2D eigenvalue weighted by Gasteiger charge is -2.42. The van der Waals surface area contributed by atoms with E-state index in [9.17, 15) is 0 Å². The second kappa shape index (κ2) is 3.72. The third-order valence-corrected chi connectivity index (χ3v) is 5.65. The summed E-state index contributed by atoms with van der Waals surface area (Å²) < 4.78 is 6.84. The molecule has 0 saturated carbocycles. The Hall–Kier alpha value is -1.64. The van der Waals surface area contributed by atoms with Gasteiger partial charge in [0.15, 0.2) is 12.7 Å². The fourth-order valence-corrected chi connectivity index (χ4v) is 3.36. The van der Waals surface area contributed by atoms with Crippen LogP contribution in [0.15, 0.2) is 24.4 Å². The Balaban J connectivity index is 2.51. The maximum absolute atomic E-state index is 2.36. The van der Waals surface area contributed by atoms with Crippen molar-refractivity contribution in [2.45, 2.75) is 45.4 Å². The molecule has 0 bridgehead atoms. The molecule has 0 aliphatic carbocycles. The third-order valence-electron chi connectivity index (χ3n) is 5.65. The van der Waals surface area contributed by atoms with Gasteiger partial charge in [0.1, 0.15) is 5.69 Å². The number of pyridine rings is 1. The molecule has 0 N–H and O–H groups in total. The van der Waals surface area contributed by atoms with E-state index in [0.29, 0.717) is 0 Å². The highest BCUT2D eigenvalue weighted by atomic mass is 15.4. The largest absolute Gasteiger partial charge is 0.346 e. The van der Waals surface area contributed by atoms with E-state index in [1.807, 2.05) is 0 Å². The normalized spacial score (nSPS) is 18.6. The van der Waals surface area contributed by atoms with Crippen LogP contribution in [0.2, 0.25) is 0 Å². The molecule has 1 aliphatic heterocycles. The Morgan fingerprint density at radius 2 is 1.60 bits per heavy atom. The Bertz CT molecular complexity index is 705. The van der Waals surface area contributed by atoms with Crippen molar-refractivity contribution < 1.29 is 9.25 Å². The van der Waals surface area contributed by atoms with E-state index in [-0.39, 0.29) is 10.8 Å². The number of aryl methyl sites for hydroxylation is 2. The lowest BCUT2D eigenvalue weighted by atomic mass is 9.61. The van der Waals surface area contributed by atoms with Crippen LogP contribution < -0.4 is 9.25 Å². The van der Waals surface area contributed by atoms with Gasteiger partial charge in [-0.2, -0.15) is 0 Å². The second-order valence-corrected chi connectivity index (χ2v) is 7.11. The van der Waals surface area contributed by atoms with Crippen molar-refractivity contribution >= 4 is 0 Å². The molecule has 3 heterocycles. The van der Waals surface area contributed by atoms with Gasteiger partial charge in [-0.3, -0.25) is 0 Å². The molecule has 0 radical (unpaired) electrons. The molecule has 2 aromatic rings. The molecule has 0 aromatic carbocycles. The van der Waals surface area contributed by atoms with E-state index in [4.69, 9.17) is 0 Å². The zero-order chi connectivity index (χ0) is 14.9. The molecule has 20 heavy (non-hydrogen) atoms. The lowest BCUT2D eigenvalue weighted by Crippen LogP contribution is -2.56. The van der Waals surface area contributed by atoms with E-state index in [0.717, 1.165) is 0 Å². The van der Waals surface area contributed by atoms with Crippen LogP contribution in [0.3, 0.4) is 0 Å². The Labute approximate surface area is 121 Å². The maximum Gasteiger partial charge on any atom is 0.346 e. The minimum atomic E-state index is 0.0868. The van der Waals surface area contributed by atoms with E-state index < -0.39 is 0 Å². The highest BCUT2D eigenvalue weighted by Gasteiger charge is 2.54. The van der Waals surface area contributed by atoms with Crippen molar-refractivity contribution in [3.63, 3.8) is 0 Å². The zero-order valence-electron chi connectivity index (χ0n) is 13.7. The first-order chi connectivity index (χ1) is 9.19. The third kappa shape index (κ3) is 1.36. The number of rotatable bonds is 0. The van der Waals surface area contributed by atoms with E-state index in [1.165, 1.54) is 22.8 Å². The summed E-state index contributed by atoms with van der Waals surface area (Å²) in [5.74, 6) is 1.29. The smallest absolute Gasteiger partial charge is 0.229 e. The minimum Gasteiger partial charge on any atom is -0.229 e. The standard InChI is InChI=1S/C17H25N3/c1-12-8-9-13-15(19(12)7)20-14(10-11-18(20)6)17(4,5)16(13,2)3/h8-11H,1-7H3/q+2. The van der Waals surface area contributed by atoms with E-state index in [2.05, 4.69) is 87.0 Å². The van der Waals surface area contributed by atoms with Crippen molar-refractivity contribution in [3.05, 3.63) is 41.3 Å². The van der Waals surface area contributed by atoms with Crippen LogP contribution in [0.5, 0.6) is 0 Å². The van der Waals surface area contributed by atoms with Gasteiger partial charge in [-0.1, -0.05) is 27.7 Å². The molecular weight excluding hydrogens is 246 g/mol. The summed E-state index contributed by atoms with van der Waals surface area (Å²) in [6.07, 6.45) is 2.16. The summed E-state index contributed by atoms with van der Waals surface area (Å²) in [4.78, 5) is 0. The Morgan fingerprint density at radius 3 is 2.25 bits per heavy atom. The highest BCUT2D eigenvalue weighted by molar-refractivity contribution is 5.46. The van der Waals surface area contributed by atoms with E-state index >= 15 is 0 Å². The molecule has 3 heteroatoms. The van der Waals surface area contributed by atoms with Crippen molar-refractivity contribution in [2.75, 3.05) is 0 Å². The minimum absolute atomic E-state index is 0.0868. The average Bonchev–Trinajstić information content (AvgIpc) is 2.73. The van der Waals surface area contributed by atoms with Crippen LogP contribution in [0.25, 0.3) is 5.82 Å². The average molecular weight is 271 g/mol. The number of hydrogen-bond donors (Lipinski definition) is 0. The van der Waals surface area contributed by atoms with Gasteiger partial charge in [0.2, 0.25) is 6.20 Å². The van der Waals surface area contributed by atoms with Crippen LogP contribution in [0.1, 0.15) is 44.6 Å². The molecule has 0 fully saturated rings. The predicted octanol–water partition coefficient (Wildman–Crippen LogP) is 2.00. The van der Waals surface area contributed by atoms with Gasteiger partial charge in [-0.05, 0) is 23.7 Å². The van der Waals surface area contributed by atoms with Gasteiger partial charge in [-0.25, -0.2) is 4.57 Å². The molecule has 106 valence electrons. The lowest BCUT2D eigenvalue weighted by molar-refractivity contribution is -0.767. The summed E-state index contributed by atoms with van der Waals surface area (Å²) >= 11 is 0. The van der Waals surface area contributed by atoms with Gasteiger partial charge in [0, 0.05) is 15.5 Å². The first kappa shape index (κ1) is 13.3. The van der Waals surface area contributed by atoms with Gasteiger partial charge in [-0.15, -0.1) is 0 Å². The second-order valence-electron chi connectivity index (χ2n) is 7.11. The number of nitrogens with zero attached hydrogens (tertiary/aromatic N) is 3. The van der Waals surface area contributed by atoms with Crippen molar-refractivity contribution in [1.29, 1.82) is 0 Å². The van der Waals surface area contributed by atoms with Crippen LogP contribution in [0, 0.1) is 6.92 Å². The highest BCUT2D eigenvalue weighted by Crippen LogP contribution is 2.48. The topological polar surface area (TPSA) is 12.7 Å². The summed E-state index contributed by atoms with van der Waals surface area (Å²) in [6, 6.07) is 6.79. The first-order valence-electron chi connectivity index (χ1n) is 7.28. The van der Waals surface area contributed by atoms with Crippen LogP contribution in [-0.2, 0) is 24.9 Å². The zero-order valence-corrected chi connectivity index (χ0v) is 13.7. The number of hydrogen-bond acceptors (Lipinski definition) is 0. The molecule has 0 saturated heterocycles. The van der Waals surface area contributed by atoms with Gasteiger partial charge in [0.05, 0.1) is 18.7 Å². The first-order valence-corrected chi connectivity index (χ1v) is 7.28. The van der Waals surface area contributed by atoms with Crippen LogP contribution in [-0.4, -0.2) is 4.68 Å². The molecular formula is C17H25N3+2. The van der Waals surface area contributed by atoms with Crippen LogP contribution >= 0.6 is 0 Å². The summed E-state index contributed by atoms with van der Waals surface area (Å²) in [5.41, 5.74) is 4.24. The molecule has 1 aliphatic rings. The van der Waals surface area contributed by atoms with Gasteiger partial charge >= 0.3 is 5.82 Å². The Kier molecular flexibility index (Phi) is 2.48. The molecule has 0 unspecified atom stereocenters. The van der Waals surface area contributed by atoms with Crippen molar-refractivity contribution in [1.82, 2.24) is 4.68 Å². The predicted molar refractivity (Wildman–Crippen MR) is 78.9 cm³/mol. The molecule has 3 rings (SSSR count). The number of aromatic nitrogens is 3. The SMILES string of the molecule is Cc1ccc2c([n+]1C)-n1c(cc[n+]1C)C(C)(C)C2(C)C. The summed E-state index contributed by atoms with van der Waals surface area (Å²) in [5, 5.41) is 0. The van der Waals surface area contributed by atoms with Crippen LogP contribution in [0.4, 0.5) is 0 Å². The number of fused-ring (bicyclic) bond motifs is 3. The molecule has 0 atom stereocenters. The molecule has 3 nitrogen and oxygen atoms in total. The van der Waals surface area contributed by atoms with Crippen molar-refractivity contribution in [3.8, 4) is 5.82 Å². The van der Waals surface area contributed by atoms with E-state index in [1.54, 1.807) is 0 Å². The van der Waals surface area contributed by atoms with Gasteiger partial charge in [0.25, 0.3) is 0 Å².